The minimum atomic E-state index is -0.301. The molecule has 1 saturated heterocycles. The van der Waals surface area contributed by atoms with Crippen molar-refractivity contribution in [1.82, 2.24) is 4.90 Å². The van der Waals surface area contributed by atoms with Gasteiger partial charge < -0.3 is 10.5 Å². The van der Waals surface area contributed by atoms with Gasteiger partial charge in [-0.2, -0.15) is 0 Å². The van der Waals surface area contributed by atoms with Gasteiger partial charge in [0.25, 0.3) is 0 Å². The van der Waals surface area contributed by atoms with Crippen LogP contribution in [0.4, 0.5) is 4.39 Å². The molecular formula is C15H21FN2OS. The molecule has 0 aromatic heterocycles. The van der Waals surface area contributed by atoms with Gasteiger partial charge in [-0.3, -0.25) is 4.90 Å². The highest BCUT2D eigenvalue weighted by atomic mass is 32.1. The van der Waals surface area contributed by atoms with E-state index < -0.39 is 0 Å². The second-order valence-electron chi connectivity index (χ2n) is 5.61. The summed E-state index contributed by atoms with van der Waals surface area (Å²) >= 11 is 4.87. The van der Waals surface area contributed by atoms with Gasteiger partial charge in [0.2, 0.25) is 0 Å². The summed E-state index contributed by atoms with van der Waals surface area (Å²) < 4.78 is 19.9. The maximum absolute atomic E-state index is 14.3. The van der Waals surface area contributed by atoms with Crippen molar-refractivity contribution in [2.75, 3.05) is 20.2 Å². The number of hydrogen-bond donors (Lipinski definition) is 1. The summed E-state index contributed by atoms with van der Waals surface area (Å²) in [7, 11) is 1.73. The van der Waals surface area contributed by atoms with Gasteiger partial charge in [0, 0.05) is 31.3 Å². The number of thiocarbonyl (C=S) groups is 1. The van der Waals surface area contributed by atoms with Crippen molar-refractivity contribution < 1.29 is 9.13 Å². The first kappa shape index (κ1) is 15.4. The first-order chi connectivity index (χ1) is 9.45. The smallest absolute Gasteiger partial charge is 0.137 e. The number of halogens is 1. The SMILES string of the molecule is COC1(C)CCCN(Cc2cccc(C(N)=S)c2F)C1. The molecule has 0 saturated carbocycles. The molecule has 2 rings (SSSR count). The highest BCUT2D eigenvalue weighted by molar-refractivity contribution is 7.80. The lowest BCUT2D eigenvalue weighted by Gasteiger charge is -2.39. The Morgan fingerprint density at radius 1 is 1.55 bits per heavy atom. The summed E-state index contributed by atoms with van der Waals surface area (Å²) in [6.07, 6.45) is 2.09. The number of methoxy groups -OCH3 is 1. The maximum atomic E-state index is 14.3. The number of piperidine rings is 1. The van der Waals surface area contributed by atoms with Crippen LogP contribution in [0, 0.1) is 5.82 Å². The Labute approximate surface area is 124 Å². The summed E-state index contributed by atoms with van der Waals surface area (Å²) in [5, 5.41) is 0. The van der Waals surface area contributed by atoms with Crippen LogP contribution in [-0.4, -0.2) is 35.7 Å². The average molecular weight is 296 g/mol. The van der Waals surface area contributed by atoms with Crippen molar-refractivity contribution in [3.05, 3.63) is 35.1 Å². The largest absolute Gasteiger partial charge is 0.389 e. The summed E-state index contributed by atoms with van der Waals surface area (Å²) in [5.41, 5.74) is 6.35. The molecule has 0 radical (unpaired) electrons. The number of benzene rings is 1. The first-order valence-electron chi connectivity index (χ1n) is 6.80. The lowest BCUT2D eigenvalue weighted by Crippen LogP contribution is -2.47. The van der Waals surface area contributed by atoms with Crippen molar-refractivity contribution in [3.8, 4) is 0 Å². The van der Waals surface area contributed by atoms with Crippen molar-refractivity contribution in [2.45, 2.75) is 31.9 Å². The third-order valence-electron chi connectivity index (χ3n) is 3.97. The Kier molecular flexibility index (Phi) is 4.73. The number of ether oxygens (including phenoxy) is 1. The third kappa shape index (κ3) is 3.34. The van der Waals surface area contributed by atoms with Crippen LogP contribution in [0.25, 0.3) is 0 Å². The molecular weight excluding hydrogens is 275 g/mol. The minimum absolute atomic E-state index is 0.102. The predicted octanol–water partition coefficient (Wildman–Crippen LogP) is 2.46. The molecule has 1 heterocycles. The van der Waals surface area contributed by atoms with Gasteiger partial charge in [-0.25, -0.2) is 4.39 Å². The summed E-state index contributed by atoms with van der Waals surface area (Å²) in [6.45, 7) is 4.41. The topological polar surface area (TPSA) is 38.5 Å². The molecule has 3 nitrogen and oxygen atoms in total. The summed E-state index contributed by atoms with van der Waals surface area (Å²) in [5.74, 6) is -0.301. The Morgan fingerprint density at radius 2 is 2.30 bits per heavy atom. The lowest BCUT2D eigenvalue weighted by atomic mass is 9.94. The Bertz CT molecular complexity index is 509. The van der Waals surface area contributed by atoms with Gasteiger partial charge in [-0.05, 0) is 32.4 Å². The van der Waals surface area contributed by atoms with E-state index in [-0.39, 0.29) is 16.4 Å². The molecule has 0 amide bonds. The Morgan fingerprint density at radius 3 is 2.95 bits per heavy atom. The van der Waals surface area contributed by atoms with Crippen LogP contribution in [-0.2, 0) is 11.3 Å². The monoisotopic (exact) mass is 296 g/mol. The second kappa shape index (κ2) is 6.16. The van der Waals surface area contributed by atoms with E-state index in [1.807, 2.05) is 0 Å². The Hall–Kier alpha value is -1.04. The summed E-state index contributed by atoms with van der Waals surface area (Å²) in [4.78, 5) is 2.32. The van der Waals surface area contributed by atoms with Crippen LogP contribution in [0.15, 0.2) is 18.2 Å². The van der Waals surface area contributed by atoms with Gasteiger partial charge >= 0.3 is 0 Å². The van der Waals surface area contributed by atoms with Gasteiger partial charge in [0.15, 0.2) is 0 Å². The third-order valence-corrected chi connectivity index (χ3v) is 4.19. The highest BCUT2D eigenvalue weighted by Gasteiger charge is 2.31. The number of nitrogens with two attached hydrogens (primary N) is 1. The fourth-order valence-corrected chi connectivity index (χ4v) is 2.90. The fourth-order valence-electron chi connectivity index (χ4n) is 2.74. The average Bonchev–Trinajstić information content (AvgIpc) is 2.41. The van der Waals surface area contributed by atoms with E-state index in [1.54, 1.807) is 25.3 Å². The van der Waals surface area contributed by atoms with Gasteiger partial charge in [0.05, 0.1) is 5.60 Å². The van der Waals surface area contributed by atoms with Crippen LogP contribution in [0.5, 0.6) is 0 Å². The molecule has 1 unspecified atom stereocenters. The molecule has 1 fully saturated rings. The molecule has 1 aliphatic rings. The molecule has 1 aliphatic heterocycles. The predicted molar refractivity (Wildman–Crippen MR) is 82.2 cm³/mol. The van der Waals surface area contributed by atoms with Gasteiger partial charge in [-0.1, -0.05) is 24.4 Å². The van der Waals surface area contributed by atoms with Crippen LogP contribution in [0.2, 0.25) is 0 Å². The van der Waals surface area contributed by atoms with Crippen LogP contribution < -0.4 is 5.73 Å². The van der Waals surface area contributed by atoms with Gasteiger partial charge in [-0.15, -0.1) is 0 Å². The molecule has 1 aromatic rings. The van der Waals surface area contributed by atoms with Crippen molar-refractivity contribution in [2.24, 2.45) is 5.73 Å². The Balaban J connectivity index is 2.14. The first-order valence-corrected chi connectivity index (χ1v) is 7.21. The van der Waals surface area contributed by atoms with E-state index in [4.69, 9.17) is 22.7 Å². The van der Waals surface area contributed by atoms with Gasteiger partial charge in [0.1, 0.15) is 10.8 Å². The number of rotatable bonds is 4. The standard InChI is InChI=1S/C15H21FN2OS/c1-15(19-2)7-4-8-18(10-15)9-11-5-3-6-12(13(11)16)14(17)20/h3,5-6H,4,7-10H2,1-2H3,(H2,17,20). The van der Waals surface area contributed by atoms with E-state index in [0.717, 1.165) is 25.9 Å². The lowest BCUT2D eigenvalue weighted by molar-refractivity contribution is -0.0528. The molecule has 0 bridgehead atoms. The zero-order valence-electron chi connectivity index (χ0n) is 12.0. The molecule has 1 atom stereocenters. The zero-order chi connectivity index (χ0) is 14.8. The van der Waals surface area contributed by atoms with Crippen molar-refractivity contribution in [3.63, 3.8) is 0 Å². The van der Waals surface area contributed by atoms with E-state index in [0.29, 0.717) is 17.7 Å². The normalized spacial score (nSPS) is 23.8. The van der Waals surface area contributed by atoms with Crippen LogP contribution in [0.3, 0.4) is 0 Å². The second-order valence-corrected chi connectivity index (χ2v) is 6.05. The van der Waals surface area contributed by atoms with Crippen molar-refractivity contribution >= 4 is 17.2 Å². The van der Waals surface area contributed by atoms with Crippen molar-refractivity contribution in [1.29, 1.82) is 0 Å². The fraction of sp³-hybridized carbons (Fsp3) is 0.533. The van der Waals surface area contributed by atoms with Crippen LogP contribution >= 0.6 is 12.2 Å². The molecule has 1 aromatic carbocycles. The molecule has 5 heteroatoms. The van der Waals surface area contributed by atoms with E-state index in [9.17, 15) is 4.39 Å². The number of hydrogen-bond acceptors (Lipinski definition) is 3. The zero-order valence-corrected chi connectivity index (χ0v) is 12.8. The number of nitrogens with zero attached hydrogens (tertiary/aromatic N) is 1. The highest BCUT2D eigenvalue weighted by Crippen LogP contribution is 2.25. The summed E-state index contributed by atoms with van der Waals surface area (Å²) in [6, 6.07) is 5.21. The minimum Gasteiger partial charge on any atom is -0.389 e. The molecule has 110 valence electrons. The van der Waals surface area contributed by atoms with E-state index in [1.165, 1.54) is 0 Å². The molecule has 2 N–H and O–H groups in total. The molecule has 0 spiro atoms. The quantitative estimate of drug-likeness (QED) is 0.866. The van der Waals surface area contributed by atoms with E-state index in [2.05, 4.69) is 11.8 Å². The number of likely N-dealkylation sites (tertiary alicyclic amines) is 1. The molecule has 0 aliphatic carbocycles. The van der Waals surface area contributed by atoms with Crippen LogP contribution in [0.1, 0.15) is 30.9 Å². The molecule has 20 heavy (non-hydrogen) atoms. The maximum Gasteiger partial charge on any atom is 0.137 e. The van der Waals surface area contributed by atoms with E-state index >= 15 is 0 Å².